The number of hydrogen-bond donors (Lipinski definition) is 1. The maximum atomic E-state index is 12.0. The number of nitrogens with one attached hydrogen (secondary N) is 1. The Kier molecular flexibility index (Phi) is 4.39. The summed E-state index contributed by atoms with van der Waals surface area (Å²) in [6.07, 6.45) is 1.63. The van der Waals surface area contributed by atoms with E-state index in [1.165, 1.54) is 29.5 Å². The topological polar surface area (TPSA) is 59.1 Å². The minimum absolute atomic E-state index is 0.170. The average Bonchev–Trinajstić information content (AvgIpc) is 2.83. The van der Waals surface area contributed by atoms with Gasteiger partial charge in [0.15, 0.2) is 0 Å². The first-order valence-corrected chi connectivity index (χ1v) is 8.34. The second-order valence-electron chi connectivity index (χ2n) is 3.37. The summed E-state index contributed by atoms with van der Waals surface area (Å²) >= 11 is 10.4. The molecule has 0 saturated carbocycles. The zero-order valence-electron chi connectivity index (χ0n) is 8.93. The van der Waals surface area contributed by atoms with Crippen LogP contribution in [0.4, 0.5) is 0 Å². The van der Waals surface area contributed by atoms with E-state index in [9.17, 15) is 8.42 Å². The van der Waals surface area contributed by atoms with Gasteiger partial charge in [-0.3, -0.25) is 4.98 Å². The van der Waals surface area contributed by atoms with Crippen molar-refractivity contribution in [3.8, 4) is 0 Å². The van der Waals surface area contributed by atoms with Gasteiger partial charge in [0.1, 0.15) is 0 Å². The second kappa shape index (κ2) is 5.66. The standard InChI is InChI=1S/C10H8BrClN2O2S2/c11-9-3-8(1-2-10(9)12)18(15,16)14-5-7-4-13-6-17-7/h1-4,6,14H,5H2. The molecule has 0 saturated heterocycles. The molecule has 18 heavy (non-hydrogen) atoms. The van der Waals surface area contributed by atoms with Crippen LogP contribution in [0, 0.1) is 0 Å². The Morgan fingerprint density at radius 3 is 2.83 bits per heavy atom. The fourth-order valence-corrected chi connectivity index (χ4v) is 3.53. The third-order valence-electron chi connectivity index (χ3n) is 2.12. The van der Waals surface area contributed by atoms with Gasteiger partial charge in [-0.15, -0.1) is 11.3 Å². The van der Waals surface area contributed by atoms with Crippen LogP contribution in [-0.4, -0.2) is 13.4 Å². The van der Waals surface area contributed by atoms with Crippen molar-refractivity contribution in [1.82, 2.24) is 9.71 Å². The predicted molar refractivity (Wildman–Crippen MR) is 75.3 cm³/mol. The van der Waals surface area contributed by atoms with E-state index in [-0.39, 0.29) is 11.4 Å². The molecule has 0 atom stereocenters. The first-order valence-electron chi connectivity index (χ1n) is 4.81. The molecule has 2 rings (SSSR count). The van der Waals surface area contributed by atoms with Crippen LogP contribution >= 0.6 is 38.9 Å². The summed E-state index contributed by atoms with van der Waals surface area (Å²) in [5, 5.41) is 0.469. The molecule has 0 fully saturated rings. The first kappa shape index (κ1) is 14.0. The molecular weight excluding hydrogens is 360 g/mol. The summed E-state index contributed by atoms with van der Waals surface area (Å²) in [4.78, 5) is 4.90. The number of nitrogens with zero attached hydrogens (tertiary/aromatic N) is 1. The Labute approximate surface area is 122 Å². The number of thiazole rings is 1. The van der Waals surface area contributed by atoms with E-state index >= 15 is 0 Å². The number of benzene rings is 1. The zero-order valence-corrected chi connectivity index (χ0v) is 12.9. The van der Waals surface area contributed by atoms with Gasteiger partial charge in [0.05, 0.1) is 15.4 Å². The van der Waals surface area contributed by atoms with Crippen molar-refractivity contribution in [3.63, 3.8) is 0 Å². The lowest BCUT2D eigenvalue weighted by Crippen LogP contribution is -2.22. The normalized spacial score (nSPS) is 11.7. The maximum absolute atomic E-state index is 12.0. The summed E-state index contributed by atoms with van der Waals surface area (Å²) in [5.74, 6) is 0. The molecular formula is C10H8BrClN2O2S2. The second-order valence-corrected chi connectivity index (χ2v) is 7.37. The van der Waals surface area contributed by atoms with E-state index in [1.54, 1.807) is 11.7 Å². The quantitative estimate of drug-likeness (QED) is 0.903. The Morgan fingerprint density at radius 2 is 2.22 bits per heavy atom. The third-order valence-corrected chi connectivity index (χ3v) is 5.51. The molecule has 0 aliphatic heterocycles. The molecule has 4 nitrogen and oxygen atoms in total. The molecule has 0 unspecified atom stereocenters. The smallest absolute Gasteiger partial charge is 0.240 e. The number of rotatable bonds is 4. The van der Waals surface area contributed by atoms with Gasteiger partial charge in [0.25, 0.3) is 0 Å². The molecule has 0 aliphatic rings. The van der Waals surface area contributed by atoms with Crippen molar-refractivity contribution < 1.29 is 8.42 Å². The summed E-state index contributed by atoms with van der Waals surface area (Å²) in [6.45, 7) is 0.229. The summed E-state index contributed by atoms with van der Waals surface area (Å²) in [7, 11) is -3.54. The first-order chi connectivity index (χ1) is 8.49. The summed E-state index contributed by atoms with van der Waals surface area (Å²) < 4.78 is 27.0. The third kappa shape index (κ3) is 3.30. The predicted octanol–water partition coefficient (Wildman–Crippen LogP) is 3.04. The largest absolute Gasteiger partial charge is 0.253 e. The van der Waals surface area contributed by atoms with Crippen LogP contribution in [0.15, 0.2) is 39.3 Å². The summed E-state index contributed by atoms with van der Waals surface area (Å²) in [5.41, 5.74) is 1.66. The van der Waals surface area contributed by atoms with Gasteiger partial charge < -0.3 is 0 Å². The van der Waals surface area contributed by atoms with E-state index in [0.717, 1.165) is 4.88 Å². The number of hydrogen-bond acceptors (Lipinski definition) is 4. The molecule has 96 valence electrons. The molecule has 1 aromatic carbocycles. The van der Waals surface area contributed by atoms with Gasteiger partial charge in [0.2, 0.25) is 10.0 Å². The van der Waals surface area contributed by atoms with Crippen molar-refractivity contribution in [2.45, 2.75) is 11.4 Å². The molecule has 0 radical (unpaired) electrons. The van der Waals surface area contributed by atoms with Gasteiger partial charge in [-0.05, 0) is 34.1 Å². The highest BCUT2D eigenvalue weighted by atomic mass is 79.9. The van der Waals surface area contributed by atoms with E-state index < -0.39 is 10.0 Å². The van der Waals surface area contributed by atoms with Gasteiger partial charge in [-0.25, -0.2) is 13.1 Å². The molecule has 0 amide bonds. The highest BCUT2D eigenvalue weighted by molar-refractivity contribution is 9.10. The molecule has 2 aromatic rings. The Balaban J connectivity index is 2.17. The van der Waals surface area contributed by atoms with Crippen LogP contribution < -0.4 is 4.72 Å². The minimum atomic E-state index is -3.54. The molecule has 0 bridgehead atoms. The van der Waals surface area contributed by atoms with Crippen LogP contribution in [-0.2, 0) is 16.6 Å². The lowest BCUT2D eigenvalue weighted by molar-refractivity contribution is 0.581. The number of halogens is 2. The lowest BCUT2D eigenvalue weighted by Gasteiger charge is -2.06. The van der Waals surface area contributed by atoms with Crippen LogP contribution in [0.3, 0.4) is 0 Å². The maximum Gasteiger partial charge on any atom is 0.240 e. The van der Waals surface area contributed by atoms with Crippen LogP contribution in [0.2, 0.25) is 5.02 Å². The van der Waals surface area contributed by atoms with Crippen molar-refractivity contribution in [1.29, 1.82) is 0 Å². The van der Waals surface area contributed by atoms with Crippen molar-refractivity contribution in [3.05, 3.63) is 44.3 Å². The highest BCUT2D eigenvalue weighted by Gasteiger charge is 2.15. The fraction of sp³-hybridized carbons (Fsp3) is 0.100. The van der Waals surface area contributed by atoms with Gasteiger partial charge in [-0.2, -0.15) is 0 Å². The van der Waals surface area contributed by atoms with Gasteiger partial charge in [0, 0.05) is 22.1 Å². The van der Waals surface area contributed by atoms with Crippen LogP contribution in [0.1, 0.15) is 4.88 Å². The Morgan fingerprint density at radius 1 is 1.44 bits per heavy atom. The lowest BCUT2D eigenvalue weighted by atomic mass is 10.4. The SMILES string of the molecule is O=S(=O)(NCc1cncs1)c1ccc(Cl)c(Br)c1. The van der Waals surface area contributed by atoms with E-state index in [1.807, 2.05) is 0 Å². The molecule has 0 spiro atoms. The highest BCUT2D eigenvalue weighted by Crippen LogP contribution is 2.25. The minimum Gasteiger partial charge on any atom is -0.253 e. The monoisotopic (exact) mass is 366 g/mol. The summed E-state index contributed by atoms with van der Waals surface area (Å²) in [6, 6.07) is 4.46. The van der Waals surface area contributed by atoms with E-state index in [4.69, 9.17) is 11.6 Å². The van der Waals surface area contributed by atoms with E-state index in [0.29, 0.717) is 9.50 Å². The molecule has 1 heterocycles. The Hall–Kier alpha value is -0.470. The van der Waals surface area contributed by atoms with Gasteiger partial charge >= 0.3 is 0 Å². The van der Waals surface area contributed by atoms with Crippen LogP contribution in [0.25, 0.3) is 0 Å². The molecule has 0 aliphatic carbocycles. The fourth-order valence-electron chi connectivity index (χ4n) is 1.22. The number of aromatic nitrogens is 1. The van der Waals surface area contributed by atoms with Crippen molar-refractivity contribution in [2.24, 2.45) is 0 Å². The van der Waals surface area contributed by atoms with Crippen LogP contribution in [0.5, 0.6) is 0 Å². The van der Waals surface area contributed by atoms with Crippen molar-refractivity contribution >= 4 is 48.9 Å². The number of sulfonamides is 1. The van der Waals surface area contributed by atoms with Crippen molar-refractivity contribution in [2.75, 3.05) is 0 Å². The zero-order chi connectivity index (χ0) is 13.2. The molecule has 1 aromatic heterocycles. The average molecular weight is 368 g/mol. The van der Waals surface area contributed by atoms with E-state index in [2.05, 4.69) is 25.6 Å². The van der Waals surface area contributed by atoms with Gasteiger partial charge in [-0.1, -0.05) is 11.6 Å². The molecule has 8 heteroatoms. The Bertz CT molecular complexity index is 644. The molecule has 1 N–H and O–H groups in total.